The van der Waals surface area contributed by atoms with E-state index in [2.05, 4.69) is 36.5 Å². The monoisotopic (exact) mass is 288 g/mol. The van der Waals surface area contributed by atoms with Crippen LogP contribution in [0.3, 0.4) is 0 Å². The number of rotatable bonds is 5. The minimum atomic E-state index is 0.0247. The number of aryl methyl sites for hydroxylation is 1. The van der Waals surface area contributed by atoms with Crippen molar-refractivity contribution in [2.45, 2.75) is 57.5 Å². The average molecular weight is 288 g/mol. The smallest absolute Gasteiger partial charge is 0.224 e. The van der Waals surface area contributed by atoms with Crippen LogP contribution < -0.4 is 5.32 Å². The van der Waals surface area contributed by atoms with E-state index in [-0.39, 0.29) is 11.4 Å². The number of hydrogen-bond donors (Lipinski definition) is 1. The molecule has 1 aliphatic rings. The van der Waals surface area contributed by atoms with Crippen LogP contribution in [0.5, 0.6) is 0 Å². The second kappa shape index (κ2) is 7.08. The lowest BCUT2D eigenvalue weighted by Crippen LogP contribution is -2.48. The zero-order valence-electron chi connectivity index (χ0n) is 13.6. The Morgan fingerprint density at radius 2 is 1.81 bits per heavy atom. The molecule has 1 aromatic rings. The highest BCUT2D eigenvalue weighted by Crippen LogP contribution is 2.31. The van der Waals surface area contributed by atoms with Crippen LogP contribution in [0.4, 0.5) is 0 Å². The van der Waals surface area contributed by atoms with Gasteiger partial charge in [-0.25, -0.2) is 0 Å². The number of carbonyl (C=O) groups is 1. The van der Waals surface area contributed by atoms with Crippen LogP contribution in [0, 0.1) is 6.92 Å². The molecular weight excluding hydrogens is 260 g/mol. The molecule has 0 saturated heterocycles. The standard InChI is InChI=1S/C18H28N2O/c1-15-7-9-16(10-8-15)14-20(3)17(21)13-18(19-2)11-5-4-6-12-18/h7-10,19H,4-6,11-14H2,1-3H3. The summed E-state index contributed by atoms with van der Waals surface area (Å²) in [6.07, 6.45) is 6.62. The molecule has 1 saturated carbocycles. The van der Waals surface area contributed by atoms with Gasteiger partial charge in [0.25, 0.3) is 0 Å². The summed E-state index contributed by atoms with van der Waals surface area (Å²) >= 11 is 0. The Labute approximate surface area is 128 Å². The molecular formula is C18H28N2O. The predicted octanol–water partition coefficient (Wildman–Crippen LogP) is 3.27. The fourth-order valence-electron chi connectivity index (χ4n) is 3.22. The molecule has 0 aliphatic heterocycles. The molecule has 3 nitrogen and oxygen atoms in total. The zero-order valence-corrected chi connectivity index (χ0v) is 13.6. The molecule has 1 N–H and O–H groups in total. The van der Waals surface area contributed by atoms with E-state index >= 15 is 0 Å². The van der Waals surface area contributed by atoms with E-state index in [1.165, 1.54) is 30.4 Å². The number of amides is 1. The van der Waals surface area contributed by atoms with Crippen molar-refractivity contribution in [3.8, 4) is 0 Å². The quantitative estimate of drug-likeness (QED) is 0.902. The van der Waals surface area contributed by atoms with E-state index in [0.717, 1.165) is 12.8 Å². The lowest BCUT2D eigenvalue weighted by Gasteiger charge is -2.37. The minimum Gasteiger partial charge on any atom is -0.341 e. The van der Waals surface area contributed by atoms with Crippen LogP contribution in [0.1, 0.15) is 49.7 Å². The van der Waals surface area contributed by atoms with E-state index in [9.17, 15) is 4.79 Å². The van der Waals surface area contributed by atoms with Crippen LogP contribution in [0.2, 0.25) is 0 Å². The molecule has 0 aromatic heterocycles. The van der Waals surface area contributed by atoms with Crippen LogP contribution in [-0.4, -0.2) is 30.4 Å². The molecule has 1 amide bonds. The molecule has 2 rings (SSSR count). The molecule has 0 unspecified atom stereocenters. The van der Waals surface area contributed by atoms with Gasteiger partial charge < -0.3 is 10.2 Å². The number of hydrogen-bond acceptors (Lipinski definition) is 2. The molecule has 1 fully saturated rings. The van der Waals surface area contributed by atoms with Gasteiger partial charge >= 0.3 is 0 Å². The molecule has 0 spiro atoms. The van der Waals surface area contributed by atoms with Crippen molar-refractivity contribution in [2.24, 2.45) is 0 Å². The first-order chi connectivity index (χ1) is 10.0. The zero-order chi connectivity index (χ0) is 15.3. The highest BCUT2D eigenvalue weighted by atomic mass is 16.2. The summed E-state index contributed by atoms with van der Waals surface area (Å²) in [5.74, 6) is 0.242. The second-order valence-electron chi connectivity index (χ2n) is 6.50. The van der Waals surface area contributed by atoms with Gasteiger partial charge in [-0.1, -0.05) is 49.1 Å². The van der Waals surface area contributed by atoms with Crippen LogP contribution >= 0.6 is 0 Å². The van der Waals surface area contributed by atoms with Gasteiger partial charge in [-0.2, -0.15) is 0 Å². The van der Waals surface area contributed by atoms with Crippen molar-refractivity contribution in [3.05, 3.63) is 35.4 Å². The third kappa shape index (κ3) is 4.31. The lowest BCUT2D eigenvalue weighted by atomic mass is 9.79. The predicted molar refractivity (Wildman–Crippen MR) is 87.1 cm³/mol. The maximum absolute atomic E-state index is 12.5. The Balaban J connectivity index is 1.93. The van der Waals surface area contributed by atoms with Gasteiger partial charge in [0.2, 0.25) is 5.91 Å². The van der Waals surface area contributed by atoms with Gasteiger partial charge in [0.15, 0.2) is 0 Å². The van der Waals surface area contributed by atoms with Crippen molar-refractivity contribution in [1.29, 1.82) is 0 Å². The van der Waals surface area contributed by atoms with E-state index in [0.29, 0.717) is 13.0 Å². The summed E-state index contributed by atoms with van der Waals surface area (Å²) in [5.41, 5.74) is 2.47. The fourth-order valence-corrected chi connectivity index (χ4v) is 3.22. The summed E-state index contributed by atoms with van der Waals surface area (Å²) in [4.78, 5) is 14.4. The third-order valence-corrected chi connectivity index (χ3v) is 4.80. The lowest BCUT2D eigenvalue weighted by molar-refractivity contribution is -0.132. The summed E-state index contributed by atoms with van der Waals surface area (Å²) in [7, 11) is 3.91. The average Bonchev–Trinajstić information content (AvgIpc) is 2.50. The van der Waals surface area contributed by atoms with Crippen LogP contribution in [-0.2, 0) is 11.3 Å². The van der Waals surface area contributed by atoms with Gasteiger partial charge in [0.05, 0.1) is 0 Å². The van der Waals surface area contributed by atoms with Gasteiger partial charge in [-0.3, -0.25) is 4.79 Å². The van der Waals surface area contributed by atoms with E-state index in [1.807, 2.05) is 19.0 Å². The van der Waals surface area contributed by atoms with Crippen molar-refractivity contribution in [1.82, 2.24) is 10.2 Å². The molecule has 0 atom stereocenters. The molecule has 1 aromatic carbocycles. The summed E-state index contributed by atoms with van der Waals surface area (Å²) < 4.78 is 0. The molecule has 0 radical (unpaired) electrons. The number of carbonyl (C=O) groups excluding carboxylic acids is 1. The van der Waals surface area contributed by atoms with Gasteiger partial charge in [-0.15, -0.1) is 0 Å². The normalized spacial score (nSPS) is 17.5. The maximum Gasteiger partial charge on any atom is 0.224 e. The SMILES string of the molecule is CNC1(CC(=O)N(C)Cc2ccc(C)cc2)CCCCC1. The molecule has 0 bridgehead atoms. The summed E-state index contributed by atoms with van der Waals surface area (Å²) in [5, 5.41) is 3.43. The summed E-state index contributed by atoms with van der Waals surface area (Å²) in [6.45, 7) is 2.78. The fraction of sp³-hybridized carbons (Fsp3) is 0.611. The topological polar surface area (TPSA) is 32.3 Å². The molecule has 21 heavy (non-hydrogen) atoms. The van der Waals surface area contributed by atoms with Crippen molar-refractivity contribution < 1.29 is 4.79 Å². The Kier molecular flexibility index (Phi) is 5.40. The van der Waals surface area contributed by atoms with E-state index < -0.39 is 0 Å². The first-order valence-corrected chi connectivity index (χ1v) is 8.03. The number of nitrogens with zero attached hydrogens (tertiary/aromatic N) is 1. The van der Waals surface area contributed by atoms with Crippen molar-refractivity contribution >= 4 is 5.91 Å². The van der Waals surface area contributed by atoms with E-state index in [1.54, 1.807) is 0 Å². The first kappa shape index (κ1) is 16.0. The third-order valence-electron chi connectivity index (χ3n) is 4.80. The van der Waals surface area contributed by atoms with E-state index in [4.69, 9.17) is 0 Å². The molecule has 1 aliphatic carbocycles. The minimum absolute atomic E-state index is 0.0247. The summed E-state index contributed by atoms with van der Waals surface area (Å²) in [6, 6.07) is 8.41. The van der Waals surface area contributed by atoms with Crippen LogP contribution in [0.15, 0.2) is 24.3 Å². The first-order valence-electron chi connectivity index (χ1n) is 8.03. The largest absolute Gasteiger partial charge is 0.341 e. The highest BCUT2D eigenvalue weighted by molar-refractivity contribution is 5.77. The highest BCUT2D eigenvalue weighted by Gasteiger charge is 2.33. The van der Waals surface area contributed by atoms with Crippen LogP contribution in [0.25, 0.3) is 0 Å². The number of nitrogens with one attached hydrogen (secondary N) is 1. The Bertz CT molecular complexity index is 461. The van der Waals surface area contributed by atoms with Crippen molar-refractivity contribution in [2.75, 3.05) is 14.1 Å². The molecule has 0 heterocycles. The van der Waals surface area contributed by atoms with Gasteiger partial charge in [0.1, 0.15) is 0 Å². The number of benzene rings is 1. The van der Waals surface area contributed by atoms with Gasteiger partial charge in [-0.05, 0) is 32.4 Å². The molecule has 3 heteroatoms. The second-order valence-corrected chi connectivity index (χ2v) is 6.50. The van der Waals surface area contributed by atoms with Crippen molar-refractivity contribution in [3.63, 3.8) is 0 Å². The Morgan fingerprint density at radius 1 is 1.19 bits per heavy atom. The van der Waals surface area contributed by atoms with Gasteiger partial charge in [0, 0.05) is 25.6 Å². The maximum atomic E-state index is 12.5. The molecule has 116 valence electrons. The Hall–Kier alpha value is -1.35. The Morgan fingerprint density at radius 3 is 2.38 bits per heavy atom.